The maximum absolute atomic E-state index is 12.6. The summed E-state index contributed by atoms with van der Waals surface area (Å²) in [6.45, 7) is 1.26. The predicted octanol–water partition coefficient (Wildman–Crippen LogP) is 0.526. The number of halogens is 1. The molecule has 0 radical (unpaired) electrons. The number of benzene rings is 1. The number of anilines is 1. The summed E-state index contributed by atoms with van der Waals surface area (Å²) in [4.78, 5) is 11.7. The lowest BCUT2D eigenvalue weighted by atomic mass is 10.3. The molecular weight excluding hydrogens is 259 g/mol. The van der Waals surface area contributed by atoms with Crippen LogP contribution in [0.3, 0.4) is 0 Å². The molecule has 0 aliphatic carbocycles. The van der Waals surface area contributed by atoms with E-state index < -0.39 is 26.8 Å². The Balaban J connectivity index is 2.74. The van der Waals surface area contributed by atoms with Crippen LogP contribution in [-0.2, 0) is 14.6 Å². The summed E-state index contributed by atoms with van der Waals surface area (Å²) in [6, 6.07) is 5.06. The number of nitrogens with one attached hydrogen (secondary N) is 1. The minimum absolute atomic E-state index is 0.0312. The van der Waals surface area contributed by atoms with Crippen molar-refractivity contribution in [2.75, 3.05) is 17.6 Å². The van der Waals surface area contributed by atoms with E-state index in [1.165, 1.54) is 31.2 Å². The van der Waals surface area contributed by atoms with Crippen molar-refractivity contribution >= 4 is 21.4 Å². The number of amides is 1. The fourth-order valence-corrected chi connectivity index (χ4v) is 2.35. The summed E-state index contributed by atoms with van der Waals surface area (Å²) < 4.78 is 35.9. The lowest BCUT2D eigenvalue weighted by Gasteiger charge is -2.12. The number of nitrogens with two attached hydrogens (primary N) is 1. The highest BCUT2D eigenvalue weighted by Crippen LogP contribution is 2.11. The van der Waals surface area contributed by atoms with Gasteiger partial charge in [0.1, 0.15) is 11.1 Å². The molecule has 1 atom stereocenters. The molecule has 100 valence electrons. The van der Waals surface area contributed by atoms with Crippen LogP contribution in [0.2, 0.25) is 0 Å². The van der Waals surface area contributed by atoms with Crippen LogP contribution in [0.15, 0.2) is 24.3 Å². The van der Waals surface area contributed by atoms with Gasteiger partial charge in [-0.05, 0) is 31.2 Å². The minimum atomic E-state index is -3.55. The van der Waals surface area contributed by atoms with Gasteiger partial charge >= 0.3 is 0 Å². The van der Waals surface area contributed by atoms with Gasteiger partial charge in [-0.3, -0.25) is 4.79 Å². The fourth-order valence-electron chi connectivity index (χ4n) is 1.28. The summed E-state index contributed by atoms with van der Waals surface area (Å²) in [7, 11) is -3.55. The molecule has 1 amide bonds. The highest BCUT2D eigenvalue weighted by Gasteiger charge is 2.27. The summed E-state index contributed by atoms with van der Waals surface area (Å²) in [5, 5.41) is 1.22. The van der Waals surface area contributed by atoms with E-state index in [0.717, 1.165) is 0 Å². The van der Waals surface area contributed by atoms with Crippen molar-refractivity contribution in [3.05, 3.63) is 30.1 Å². The van der Waals surface area contributed by atoms with Gasteiger partial charge in [-0.15, -0.1) is 0 Å². The van der Waals surface area contributed by atoms with Crippen molar-refractivity contribution in [1.82, 2.24) is 0 Å². The standard InChI is InChI=1S/C11H15FN2O3S/c1-8(18(16,17)7-6-13)11(15)14-10-4-2-9(12)3-5-10/h2-5,8H,6-7,13H2,1H3,(H,14,15). The minimum Gasteiger partial charge on any atom is -0.329 e. The Morgan fingerprint density at radius 2 is 1.94 bits per heavy atom. The average molecular weight is 274 g/mol. The first-order valence-corrected chi connectivity index (χ1v) is 7.06. The molecule has 1 aromatic rings. The molecule has 0 aromatic heterocycles. The smallest absolute Gasteiger partial charge is 0.242 e. The number of rotatable bonds is 5. The van der Waals surface area contributed by atoms with Crippen molar-refractivity contribution in [3.8, 4) is 0 Å². The van der Waals surface area contributed by atoms with Crippen LogP contribution in [0.5, 0.6) is 0 Å². The van der Waals surface area contributed by atoms with Crippen molar-refractivity contribution in [1.29, 1.82) is 0 Å². The molecule has 5 nitrogen and oxygen atoms in total. The zero-order chi connectivity index (χ0) is 13.8. The van der Waals surface area contributed by atoms with Gasteiger partial charge in [-0.2, -0.15) is 0 Å². The molecule has 0 saturated heterocycles. The molecule has 0 saturated carbocycles. The molecule has 0 bridgehead atoms. The number of carbonyl (C=O) groups is 1. The average Bonchev–Trinajstić information content (AvgIpc) is 2.31. The van der Waals surface area contributed by atoms with Gasteiger partial charge in [-0.1, -0.05) is 0 Å². The Morgan fingerprint density at radius 1 is 1.39 bits per heavy atom. The van der Waals surface area contributed by atoms with E-state index in [4.69, 9.17) is 5.73 Å². The highest BCUT2D eigenvalue weighted by atomic mass is 32.2. The highest BCUT2D eigenvalue weighted by molar-refractivity contribution is 7.92. The van der Waals surface area contributed by atoms with Gasteiger partial charge in [0.25, 0.3) is 0 Å². The van der Waals surface area contributed by atoms with E-state index >= 15 is 0 Å². The fraction of sp³-hybridized carbons (Fsp3) is 0.364. The van der Waals surface area contributed by atoms with Crippen molar-refractivity contribution in [2.45, 2.75) is 12.2 Å². The lowest BCUT2D eigenvalue weighted by Crippen LogP contribution is -2.35. The third-order valence-electron chi connectivity index (χ3n) is 2.42. The van der Waals surface area contributed by atoms with Gasteiger partial charge in [0.15, 0.2) is 9.84 Å². The Morgan fingerprint density at radius 3 is 2.44 bits per heavy atom. The van der Waals surface area contributed by atoms with Crippen LogP contribution >= 0.6 is 0 Å². The van der Waals surface area contributed by atoms with E-state index in [1.807, 2.05) is 0 Å². The normalized spacial score (nSPS) is 13.1. The maximum Gasteiger partial charge on any atom is 0.242 e. The number of carbonyl (C=O) groups excluding carboxylic acids is 1. The second-order valence-corrected chi connectivity index (χ2v) is 6.24. The molecule has 0 aliphatic rings. The Labute approximate surface area is 105 Å². The second kappa shape index (κ2) is 5.92. The second-order valence-electron chi connectivity index (χ2n) is 3.79. The zero-order valence-corrected chi connectivity index (χ0v) is 10.7. The van der Waals surface area contributed by atoms with Gasteiger partial charge < -0.3 is 11.1 Å². The topological polar surface area (TPSA) is 89.3 Å². The molecular formula is C11H15FN2O3S. The van der Waals surface area contributed by atoms with E-state index in [-0.39, 0.29) is 12.3 Å². The first kappa shape index (κ1) is 14.6. The molecule has 0 spiro atoms. The molecule has 18 heavy (non-hydrogen) atoms. The molecule has 0 fully saturated rings. The lowest BCUT2D eigenvalue weighted by molar-refractivity contribution is -0.115. The van der Waals surface area contributed by atoms with E-state index in [9.17, 15) is 17.6 Å². The van der Waals surface area contributed by atoms with E-state index in [1.54, 1.807) is 0 Å². The van der Waals surface area contributed by atoms with Crippen molar-refractivity contribution < 1.29 is 17.6 Å². The van der Waals surface area contributed by atoms with Crippen LogP contribution in [0.25, 0.3) is 0 Å². The summed E-state index contributed by atoms with van der Waals surface area (Å²) in [5.41, 5.74) is 5.51. The Hall–Kier alpha value is -1.47. The third kappa shape index (κ3) is 3.78. The number of hydrogen-bond donors (Lipinski definition) is 2. The van der Waals surface area contributed by atoms with Crippen LogP contribution in [0.1, 0.15) is 6.92 Å². The molecule has 0 heterocycles. The molecule has 7 heteroatoms. The Kier molecular flexibility index (Phi) is 4.80. The third-order valence-corrected chi connectivity index (χ3v) is 4.52. The summed E-state index contributed by atoms with van der Waals surface area (Å²) in [5.74, 6) is -1.34. The first-order chi connectivity index (χ1) is 8.36. The molecule has 1 unspecified atom stereocenters. The molecule has 1 aromatic carbocycles. The number of sulfone groups is 1. The van der Waals surface area contributed by atoms with Crippen LogP contribution in [0.4, 0.5) is 10.1 Å². The zero-order valence-electron chi connectivity index (χ0n) is 9.89. The van der Waals surface area contributed by atoms with Gasteiger partial charge in [-0.25, -0.2) is 12.8 Å². The van der Waals surface area contributed by atoms with Gasteiger partial charge in [0.2, 0.25) is 5.91 Å². The quantitative estimate of drug-likeness (QED) is 0.819. The van der Waals surface area contributed by atoms with Crippen molar-refractivity contribution in [3.63, 3.8) is 0 Å². The molecule has 3 N–H and O–H groups in total. The SMILES string of the molecule is CC(C(=O)Nc1ccc(F)cc1)S(=O)(=O)CCN. The van der Waals surface area contributed by atoms with Crippen LogP contribution in [-0.4, -0.2) is 31.9 Å². The monoisotopic (exact) mass is 274 g/mol. The largest absolute Gasteiger partial charge is 0.329 e. The molecule has 1 rings (SSSR count). The Bertz CT molecular complexity index is 514. The van der Waals surface area contributed by atoms with Crippen molar-refractivity contribution in [2.24, 2.45) is 5.73 Å². The van der Waals surface area contributed by atoms with E-state index in [2.05, 4.69) is 5.32 Å². The number of hydrogen-bond acceptors (Lipinski definition) is 4. The maximum atomic E-state index is 12.6. The van der Waals surface area contributed by atoms with E-state index in [0.29, 0.717) is 5.69 Å². The first-order valence-electron chi connectivity index (χ1n) is 5.35. The van der Waals surface area contributed by atoms with Gasteiger partial charge in [0.05, 0.1) is 5.75 Å². The van der Waals surface area contributed by atoms with Crippen LogP contribution < -0.4 is 11.1 Å². The predicted molar refractivity (Wildman–Crippen MR) is 67.3 cm³/mol. The van der Waals surface area contributed by atoms with Crippen LogP contribution in [0, 0.1) is 5.82 Å². The summed E-state index contributed by atoms with van der Waals surface area (Å²) in [6.07, 6.45) is 0. The summed E-state index contributed by atoms with van der Waals surface area (Å²) >= 11 is 0. The van der Waals surface area contributed by atoms with Gasteiger partial charge in [0, 0.05) is 12.2 Å². The molecule has 0 aliphatic heterocycles.